The first kappa shape index (κ1) is 18.5. The minimum atomic E-state index is -1.03. The zero-order chi connectivity index (χ0) is 19.7. The Balaban J connectivity index is 1.97. The summed E-state index contributed by atoms with van der Waals surface area (Å²) in [4.78, 5) is 31.9. The number of aromatic amines is 1. The molecule has 0 unspecified atom stereocenters. The van der Waals surface area contributed by atoms with Gasteiger partial charge in [-0.15, -0.1) is 5.11 Å². The monoisotopic (exact) mass is 386 g/mol. The lowest BCUT2D eigenvalue weighted by molar-refractivity contribution is 0.0697. The van der Waals surface area contributed by atoms with Gasteiger partial charge in [-0.3, -0.25) is 9.89 Å². The Kier molecular flexibility index (Phi) is 4.87. The fourth-order valence-corrected chi connectivity index (χ4v) is 2.47. The second kappa shape index (κ2) is 7.12. The molecule has 27 heavy (non-hydrogen) atoms. The molecule has 0 spiro atoms. The normalized spacial score (nSPS) is 11.3. The number of halogens is 1. The van der Waals surface area contributed by atoms with Crippen LogP contribution in [0.5, 0.6) is 0 Å². The highest BCUT2D eigenvalue weighted by molar-refractivity contribution is 6.30. The first-order valence-corrected chi connectivity index (χ1v) is 8.23. The average molecular weight is 387 g/mol. The molecule has 0 saturated heterocycles. The van der Waals surface area contributed by atoms with Crippen molar-refractivity contribution >= 4 is 28.9 Å². The van der Waals surface area contributed by atoms with Crippen LogP contribution in [0.3, 0.4) is 0 Å². The van der Waals surface area contributed by atoms with Gasteiger partial charge < -0.3 is 5.11 Å². The Hall–Kier alpha value is -3.33. The van der Waals surface area contributed by atoms with Gasteiger partial charge >= 0.3 is 11.5 Å². The first-order valence-electron chi connectivity index (χ1n) is 7.85. The van der Waals surface area contributed by atoms with Gasteiger partial charge in [-0.05, 0) is 45.0 Å². The lowest BCUT2D eigenvalue weighted by Gasteiger charge is -2.05. The Labute approximate surface area is 158 Å². The number of aryl methyl sites for hydroxylation is 2. The molecule has 3 rings (SSSR count). The number of nitrogens with one attached hydrogen (secondary N) is 1. The van der Waals surface area contributed by atoms with Crippen molar-refractivity contribution in [2.45, 2.75) is 20.8 Å². The standard InChI is InChI=1S/C17H15ClN6O3/c1-8-9(2)19-17(20-14(8)18)24-15(25)13(10(3)23-24)22-21-12-6-4-11(5-7-12)16(26)27/h4-7,23H,1-3H3,(H,26,27). The molecule has 0 bridgehead atoms. The maximum Gasteiger partial charge on any atom is 0.335 e. The fraction of sp³-hybridized carbons (Fsp3) is 0.176. The van der Waals surface area contributed by atoms with Crippen LogP contribution in [0.4, 0.5) is 11.4 Å². The van der Waals surface area contributed by atoms with Crippen molar-refractivity contribution in [2.24, 2.45) is 10.2 Å². The van der Waals surface area contributed by atoms with Crippen molar-refractivity contribution in [3.8, 4) is 5.95 Å². The van der Waals surface area contributed by atoms with Gasteiger partial charge in [-0.25, -0.2) is 9.78 Å². The number of carbonyl (C=O) groups is 1. The number of H-pyrrole nitrogens is 1. The van der Waals surface area contributed by atoms with Gasteiger partial charge in [0.1, 0.15) is 5.15 Å². The third kappa shape index (κ3) is 3.63. The number of carboxylic acid groups (broad SMARTS) is 1. The summed E-state index contributed by atoms with van der Waals surface area (Å²) in [5.41, 5.74) is 2.04. The van der Waals surface area contributed by atoms with E-state index >= 15 is 0 Å². The lowest BCUT2D eigenvalue weighted by atomic mass is 10.2. The van der Waals surface area contributed by atoms with Crippen LogP contribution >= 0.6 is 11.6 Å². The SMILES string of the molecule is Cc1nc(-n2[nH]c(C)c(N=Nc3ccc(C(=O)O)cc3)c2=O)nc(Cl)c1C. The third-order valence-electron chi connectivity index (χ3n) is 3.94. The van der Waals surface area contributed by atoms with Crippen LogP contribution in [-0.2, 0) is 0 Å². The molecule has 3 aromatic rings. The molecule has 0 saturated carbocycles. The average Bonchev–Trinajstić information content (AvgIpc) is 2.92. The van der Waals surface area contributed by atoms with Crippen molar-refractivity contribution in [3.63, 3.8) is 0 Å². The number of aromatic carboxylic acids is 1. The topological polar surface area (TPSA) is 126 Å². The summed E-state index contributed by atoms with van der Waals surface area (Å²) in [6.07, 6.45) is 0. The van der Waals surface area contributed by atoms with Crippen LogP contribution < -0.4 is 5.56 Å². The second-order valence-corrected chi connectivity index (χ2v) is 6.16. The largest absolute Gasteiger partial charge is 0.478 e. The molecular formula is C17H15ClN6O3. The molecule has 10 heteroatoms. The minimum absolute atomic E-state index is 0.0928. The quantitative estimate of drug-likeness (QED) is 0.522. The highest BCUT2D eigenvalue weighted by Crippen LogP contribution is 2.20. The lowest BCUT2D eigenvalue weighted by Crippen LogP contribution is -2.18. The van der Waals surface area contributed by atoms with Crippen LogP contribution in [0.1, 0.15) is 27.3 Å². The van der Waals surface area contributed by atoms with Crippen LogP contribution in [-0.4, -0.2) is 30.8 Å². The molecule has 2 N–H and O–H groups in total. The Morgan fingerprint density at radius 2 is 1.81 bits per heavy atom. The van der Waals surface area contributed by atoms with E-state index in [0.717, 1.165) is 10.2 Å². The van der Waals surface area contributed by atoms with E-state index in [-0.39, 0.29) is 22.4 Å². The Morgan fingerprint density at radius 3 is 2.41 bits per heavy atom. The summed E-state index contributed by atoms with van der Waals surface area (Å²) >= 11 is 6.08. The molecule has 2 aromatic heterocycles. The molecule has 0 fully saturated rings. The number of benzene rings is 1. The summed E-state index contributed by atoms with van der Waals surface area (Å²) in [6.45, 7) is 5.23. The van der Waals surface area contributed by atoms with Gasteiger partial charge in [0.15, 0.2) is 5.69 Å². The molecule has 0 atom stereocenters. The highest BCUT2D eigenvalue weighted by Gasteiger charge is 2.16. The number of nitrogens with zero attached hydrogens (tertiary/aromatic N) is 5. The number of aromatic nitrogens is 4. The van der Waals surface area contributed by atoms with E-state index in [1.807, 2.05) is 0 Å². The van der Waals surface area contributed by atoms with E-state index < -0.39 is 11.5 Å². The number of carboxylic acids is 1. The van der Waals surface area contributed by atoms with Crippen molar-refractivity contribution < 1.29 is 9.90 Å². The van der Waals surface area contributed by atoms with Crippen LogP contribution in [0.25, 0.3) is 5.95 Å². The summed E-state index contributed by atoms with van der Waals surface area (Å²) in [7, 11) is 0. The number of hydrogen-bond acceptors (Lipinski definition) is 6. The second-order valence-electron chi connectivity index (χ2n) is 5.80. The summed E-state index contributed by atoms with van der Waals surface area (Å²) < 4.78 is 1.15. The molecule has 0 aliphatic rings. The molecule has 0 radical (unpaired) electrons. The molecule has 1 aromatic carbocycles. The van der Waals surface area contributed by atoms with E-state index in [9.17, 15) is 9.59 Å². The molecule has 9 nitrogen and oxygen atoms in total. The predicted molar refractivity (Wildman–Crippen MR) is 98.8 cm³/mol. The molecule has 138 valence electrons. The predicted octanol–water partition coefficient (Wildman–Crippen LogP) is 3.65. The van der Waals surface area contributed by atoms with E-state index in [2.05, 4.69) is 25.3 Å². The van der Waals surface area contributed by atoms with Gasteiger partial charge in [-0.1, -0.05) is 11.6 Å². The number of rotatable bonds is 4. The first-order chi connectivity index (χ1) is 12.8. The minimum Gasteiger partial charge on any atom is -0.478 e. The summed E-state index contributed by atoms with van der Waals surface area (Å²) in [5.74, 6) is -0.918. The van der Waals surface area contributed by atoms with Gasteiger partial charge in [0.05, 0.1) is 16.9 Å². The van der Waals surface area contributed by atoms with Crippen LogP contribution in [0.2, 0.25) is 5.15 Å². The number of hydrogen-bond donors (Lipinski definition) is 2. The fourth-order valence-electron chi connectivity index (χ4n) is 2.25. The third-order valence-corrected chi connectivity index (χ3v) is 4.31. The van der Waals surface area contributed by atoms with Gasteiger partial charge in [-0.2, -0.15) is 14.8 Å². The smallest absolute Gasteiger partial charge is 0.335 e. The van der Waals surface area contributed by atoms with Crippen LogP contribution in [0.15, 0.2) is 39.3 Å². The van der Waals surface area contributed by atoms with Crippen molar-refractivity contribution in [2.75, 3.05) is 0 Å². The van der Waals surface area contributed by atoms with Crippen molar-refractivity contribution in [1.82, 2.24) is 19.7 Å². The van der Waals surface area contributed by atoms with E-state index in [4.69, 9.17) is 16.7 Å². The Bertz CT molecular complexity index is 1090. The van der Waals surface area contributed by atoms with Gasteiger partial charge in [0.2, 0.25) is 0 Å². The highest BCUT2D eigenvalue weighted by atomic mass is 35.5. The van der Waals surface area contributed by atoms with E-state index in [0.29, 0.717) is 17.1 Å². The zero-order valence-electron chi connectivity index (χ0n) is 14.7. The van der Waals surface area contributed by atoms with Gasteiger partial charge in [0.25, 0.3) is 5.95 Å². The maximum atomic E-state index is 12.6. The maximum absolute atomic E-state index is 12.6. The molecular weight excluding hydrogens is 372 g/mol. The zero-order valence-corrected chi connectivity index (χ0v) is 15.4. The number of azo groups is 1. The summed E-state index contributed by atoms with van der Waals surface area (Å²) in [6, 6.07) is 5.81. The van der Waals surface area contributed by atoms with Crippen molar-refractivity contribution in [3.05, 3.63) is 62.3 Å². The Morgan fingerprint density at radius 1 is 1.15 bits per heavy atom. The van der Waals surface area contributed by atoms with Gasteiger partial charge in [0, 0.05) is 11.3 Å². The molecule has 2 heterocycles. The molecule has 0 aliphatic carbocycles. The van der Waals surface area contributed by atoms with E-state index in [1.54, 1.807) is 20.8 Å². The van der Waals surface area contributed by atoms with E-state index in [1.165, 1.54) is 24.3 Å². The summed E-state index contributed by atoms with van der Waals surface area (Å²) in [5, 5.41) is 20.0. The van der Waals surface area contributed by atoms with Crippen molar-refractivity contribution in [1.29, 1.82) is 0 Å². The molecule has 0 amide bonds. The van der Waals surface area contributed by atoms with Crippen LogP contribution in [0, 0.1) is 20.8 Å². The molecule has 0 aliphatic heterocycles.